The van der Waals surface area contributed by atoms with Crippen molar-refractivity contribution in [1.82, 2.24) is 10.3 Å². The van der Waals surface area contributed by atoms with E-state index in [-0.39, 0.29) is 11.8 Å². The monoisotopic (exact) mass is 413 g/mol. The van der Waals surface area contributed by atoms with Gasteiger partial charge in [0.2, 0.25) is 11.8 Å². The minimum absolute atomic E-state index is 0.00763. The molecule has 0 spiro atoms. The van der Waals surface area contributed by atoms with Crippen molar-refractivity contribution in [2.45, 2.75) is 32.6 Å². The van der Waals surface area contributed by atoms with Gasteiger partial charge >= 0.3 is 0 Å². The van der Waals surface area contributed by atoms with Gasteiger partial charge in [-0.1, -0.05) is 24.3 Å². The maximum absolute atomic E-state index is 12.1. The number of hydrogen-bond acceptors (Lipinski definition) is 5. The van der Waals surface area contributed by atoms with Gasteiger partial charge in [-0.15, -0.1) is 11.3 Å². The summed E-state index contributed by atoms with van der Waals surface area (Å²) in [7, 11) is 0. The van der Waals surface area contributed by atoms with Crippen LogP contribution in [-0.2, 0) is 22.4 Å². The van der Waals surface area contributed by atoms with Crippen LogP contribution >= 0.6 is 22.7 Å². The minimum Gasteiger partial charge on any atom is -0.356 e. The maximum Gasteiger partial charge on any atom is 0.226 e. The van der Waals surface area contributed by atoms with Crippen LogP contribution < -0.4 is 10.6 Å². The molecule has 0 aliphatic rings. The number of aromatic nitrogens is 1. The Labute approximate surface area is 172 Å². The van der Waals surface area contributed by atoms with Crippen molar-refractivity contribution in [3.05, 3.63) is 57.6 Å². The van der Waals surface area contributed by atoms with Gasteiger partial charge < -0.3 is 10.6 Å². The number of nitrogens with zero attached hydrogens (tertiary/aromatic N) is 1. The highest BCUT2D eigenvalue weighted by Gasteiger charge is 2.09. The van der Waals surface area contributed by atoms with Crippen LogP contribution in [0.25, 0.3) is 11.3 Å². The molecule has 146 valence electrons. The summed E-state index contributed by atoms with van der Waals surface area (Å²) >= 11 is 3.08. The summed E-state index contributed by atoms with van der Waals surface area (Å²) < 4.78 is 0. The van der Waals surface area contributed by atoms with E-state index in [1.165, 1.54) is 29.4 Å². The topological polar surface area (TPSA) is 71.1 Å². The second kappa shape index (κ2) is 10.1. The molecule has 7 heteroatoms. The van der Waals surface area contributed by atoms with Crippen LogP contribution in [0.5, 0.6) is 0 Å². The molecule has 0 radical (unpaired) electrons. The molecule has 2 heterocycles. The molecule has 1 aromatic carbocycles. The molecule has 2 amide bonds. The summed E-state index contributed by atoms with van der Waals surface area (Å²) in [6.45, 7) is 2.22. The first-order valence-electron chi connectivity index (χ1n) is 9.20. The zero-order valence-corrected chi connectivity index (χ0v) is 17.4. The number of rotatable bonds is 9. The molecule has 0 aliphatic heterocycles. The van der Waals surface area contributed by atoms with Crippen molar-refractivity contribution in [2.24, 2.45) is 0 Å². The molecular formula is C21H23N3O2S2. The van der Waals surface area contributed by atoms with Crippen LogP contribution in [0.3, 0.4) is 0 Å². The average Bonchev–Trinajstić information content (AvgIpc) is 3.36. The van der Waals surface area contributed by atoms with E-state index in [2.05, 4.69) is 33.1 Å². The van der Waals surface area contributed by atoms with Crippen molar-refractivity contribution in [2.75, 3.05) is 11.9 Å². The van der Waals surface area contributed by atoms with E-state index in [4.69, 9.17) is 0 Å². The van der Waals surface area contributed by atoms with E-state index in [0.29, 0.717) is 18.1 Å². The fourth-order valence-electron chi connectivity index (χ4n) is 2.74. The number of nitrogens with one attached hydrogen (secondary N) is 2. The van der Waals surface area contributed by atoms with Crippen molar-refractivity contribution in [3.8, 4) is 11.3 Å². The Morgan fingerprint density at radius 1 is 1.04 bits per heavy atom. The highest BCUT2D eigenvalue weighted by molar-refractivity contribution is 7.14. The van der Waals surface area contributed by atoms with Gasteiger partial charge in [0.05, 0.1) is 5.69 Å². The lowest BCUT2D eigenvalue weighted by atomic mass is 10.1. The summed E-state index contributed by atoms with van der Waals surface area (Å²) in [6, 6.07) is 10.3. The quantitative estimate of drug-likeness (QED) is 0.507. The van der Waals surface area contributed by atoms with Gasteiger partial charge in [-0.25, -0.2) is 4.98 Å². The van der Waals surface area contributed by atoms with Gasteiger partial charge in [0.15, 0.2) is 5.13 Å². The molecule has 0 aliphatic carbocycles. The molecule has 0 saturated carbocycles. The van der Waals surface area contributed by atoms with Crippen molar-refractivity contribution in [1.29, 1.82) is 0 Å². The SMILES string of the molecule is CC(=O)NCCCc1ccc(-c2csc(NC(=O)CCc3ccsc3)n2)cc1. The zero-order chi connectivity index (χ0) is 19.8. The minimum atomic E-state index is -0.0124. The first-order valence-corrected chi connectivity index (χ1v) is 11.0. The number of anilines is 1. The highest BCUT2D eigenvalue weighted by atomic mass is 32.1. The van der Waals surface area contributed by atoms with Crippen LogP contribution in [-0.4, -0.2) is 23.3 Å². The fourth-order valence-corrected chi connectivity index (χ4v) is 4.18. The molecule has 0 saturated heterocycles. The second-order valence-electron chi connectivity index (χ2n) is 6.50. The van der Waals surface area contributed by atoms with Gasteiger partial charge in [-0.05, 0) is 47.2 Å². The van der Waals surface area contributed by atoms with Crippen LogP contribution in [0.1, 0.15) is 30.9 Å². The smallest absolute Gasteiger partial charge is 0.226 e. The van der Waals surface area contributed by atoms with Crippen LogP contribution in [0, 0.1) is 0 Å². The van der Waals surface area contributed by atoms with Crippen molar-refractivity contribution >= 4 is 39.6 Å². The van der Waals surface area contributed by atoms with Crippen molar-refractivity contribution < 1.29 is 9.59 Å². The molecule has 5 nitrogen and oxygen atoms in total. The van der Waals surface area contributed by atoms with Gasteiger partial charge in [0, 0.05) is 30.8 Å². The summed E-state index contributed by atoms with van der Waals surface area (Å²) in [4.78, 5) is 27.5. The number of thiazole rings is 1. The summed E-state index contributed by atoms with van der Waals surface area (Å²) in [5, 5.41) is 12.4. The Bertz CT molecular complexity index is 902. The van der Waals surface area contributed by atoms with E-state index in [0.717, 1.165) is 30.5 Å². The number of carbonyl (C=O) groups is 2. The molecule has 3 aromatic rings. The van der Waals surface area contributed by atoms with Crippen LogP contribution in [0.2, 0.25) is 0 Å². The molecule has 0 unspecified atom stereocenters. The number of amides is 2. The molecule has 0 atom stereocenters. The summed E-state index contributed by atoms with van der Waals surface area (Å²) in [5.74, 6) is -0.00476. The number of aryl methyl sites for hydroxylation is 2. The van der Waals surface area contributed by atoms with Crippen molar-refractivity contribution in [3.63, 3.8) is 0 Å². The molecule has 28 heavy (non-hydrogen) atoms. The average molecular weight is 414 g/mol. The number of thiophene rings is 1. The first-order chi connectivity index (χ1) is 13.6. The highest BCUT2D eigenvalue weighted by Crippen LogP contribution is 2.25. The number of hydrogen-bond donors (Lipinski definition) is 2. The predicted molar refractivity (Wildman–Crippen MR) is 116 cm³/mol. The lowest BCUT2D eigenvalue weighted by Gasteiger charge is -2.04. The molecule has 2 N–H and O–H groups in total. The lowest BCUT2D eigenvalue weighted by Crippen LogP contribution is -2.21. The third kappa shape index (κ3) is 6.28. The fraction of sp³-hybridized carbons (Fsp3) is 0.286. The number of carbonyl (C=O) groups excluding carboxylic acids is 2. The Hall–Kier alpha value is -2.51. The molecule has 3 rings (SSSR count). The van der Waals surface area contributed by atoms with Gasteiger partial charge in [-0.3, -0.25) is 9.59 Å². The largest absolute Gasteiger partial charge is 0.356 e. The molecule has 0 fully saturated rings. The molecule has 2 aromatic heterocycles. The third-order valence-electron chi connectivity index (χ3n) is 4.24. The normalized spacial score (nSPS) is 10.6. The van der Waals surface area contributed by atoms with Crippen LogP contribution in [0.15, 0.2) is 46.5 Å². The van der Waals surface area contributed by atoms with E-state index in [1.807, 2.05) is 29.0 Å². The van der Waals surface area contributed by atoms with Gasteiger partial charge in [-0.2, -0.15) is 11.3 Å². The molecular weight excluding hydrogens is 390 g/mol. The van der Waals surface area contributed by atoms with Gasteiger partial charge in [0.25, 0.3) is 0 Å². The van der Waals surface area contributed by atoms with Crippen LogP contribution in [0.4, 0.5) is 5.13 Å². The van der Waals surface area contributed by atoms with E-state index >= 15 is 0 Å². The van der Waals surface area contributed by atoms with E-state index < -0.39 is 0 Å². The standard InChI is InChI=1S/C21H23N3O2S2/c1-15(25)22-11-2-3-16-4-7-18(8-5-16)19-14-28-21(23-19)24-20(26)9-6-17-10-12-27-13-17/h4-5,7-8,10,12-14H,2-3,6,9,11H2,1H3,(H,22,25)(H,23,24,26). The zero-order valence-electron chi connectivity index (χ0n) is 15.7. The summed E-state index contributed by atoms with van der Waals surface area (Å²) in [5.41, 5.74) is 4.31. The Balaban J connectivity index is 1.48. The summed E-state index contributed by atoms with van der Waals surface area (Å²) in [6.07, 6.45) is 3.04. The lowest BCUT2D eigenvalue weighted by molar-refractivity contribution is -0.119. The van der Waals surface area contributed by atoms with E-state index in [1.54, 1.807) is 11.3 Å². The maximum atomic E-state index is 12.1. The first kappa shape index (κ1) is 20.2. The Morgan fingerprint density at radius 2 is 1.86 bits per heavy atom. The van der Waals surface area contributed by atoms with Gasteiger partial charge in [0.1, 0.15) is 0 Å². The predicted octanol–water partition coefficient (Wildman–Crippen LogP) is 4.51. The Morgan fingerprint density at radius 3 is 2.57 bits per heavy atom. The second-order valence-corrected chi connectivity index (χ2v) is 8.14. The van der Waals surface area contributed by atoms with E-state index in [9.17, 15) is 9.59 Å². The Kier molecular flexibility index (Phi) is 7.33. The third-order valence-corrected chi connectivity index (χ3v) is 5.73. The molecule has 0 bridgehead atoms. The number of benzene rings is 1.